The lowest BCUT2D eigenvalue weighted by atomic mass is 10.1. The highest BCUT2D eigenvalue weighted by Crippen LogP contribution is 2.17. The highest BCUT2D eigenvalue weighted by atomic mass is 16.1. The lowest BCUT2D eigenvalue weighted by Crippen LogP contribution is -2.02. The Labute approximate surface area is 106 Å². The van der Waals surface area contributed by atoms with E-state index in [4.69, 9.17) is 0 Å². The van der Waals surface area contributed by atoms with E-state index in [1.165, 1.54) is 0 Å². The predicted molar refractivity (Wildman–Crippen MR) is 70.7 cm³/mol. The molecule has 0 radical (unpaired) electrons. The van der Waals surface area contributed by atoms with Crippen molar-refractivity contribution in [1.82, 2.24) is 4.98 Å². The second-order valence-corrected chi connectivity index (χ2v) is 4.32. The van der Waals surface area contributed by atoms with E-state index in [9.17, 15) is 9.59 Å². The second kappa shape index (κ2) is 5.54. The molecule has 18 heavy (non-hydrogen) atoms. The Morgan fingerprint density at radius 1 is 1.28 bits per heavy atom. The van der Waals surface area contributed by atoms with Crippen molar-refractivity contribution in [1.29, 1.82) is 0 Å². The zero-order valence-corrected chi connectivity index (χ0v) is 10.3. The highest BCUT2D eigenvalue weighted by Gasteiger charge is 2.08. The zero-order valence-electron chi connectivity index (χ0n) is 10.3. The van der Waals surface area contributed by atoms with Gasteiger partial charge in [-0.25, -0.2) is 4.98 Å². The van der Waals surface area contributed by atoms with Crippen molar-refractivity contribution in [3.05, 3.63) is 41.6 Å². The molecule has 1 aromatic carbocycles. The molecule has 1 heterocycles. The number of carbonyl (C=O) groups excluding carboxylic acids is 2. The van der Waals surface area contributed by atoms with Crippen LogP contribution in [0.2, 0.25) is 0 Å². The monoisotopic (exact) mass is 241 g/mol. The van der Waals surface area contributed by atoms with Gasteiger partial charge in [-0.2, -0.15) is 0 Å². The first-order valence-electron chi connectivity index (χ1n) is 6.05. The zero-order chi connectivity index (χ0) is 13.0. The van der Waals surface area contributed by atoms with E-state index in [0.717, 1.165) is 22.8 Å². The summed E-state index contributed by atoms with van der Waals surface area (Å²) in [6.45, 7) is 2.02. The van der Waals surface area contributed by atoms with Crippen molar-refractivity contribution in [3.63, 3.8) is 0 Å². The summed E-state index contributed by atoms with van der Waals surface area (Å²) in [6.07, 6.45) is 2.24. The van der Waals surface area contributed by atoms with Crippen molar-refractivity contribution >= 4 is 23.0 Å². The van der Waals surface area contributed by atoms with Crippen molar-refractivity contribution in [2.24, 2.45) is 0 Å². The number of benzene rings is 1. The molecular formula is C15H15NO2. The summed E-state index contributed by atoms with van der Waals surface area (Å²) in [6, 6.07) is 9.56. The number of aryl methyl sites for hydroxylation is 1. The molecule has 3 nitrogen and oxygen atoms in total. The molecule has 3 heteroatoms. The second-order valence-electron chi connectivity index (χ2n) is 4.32. The Bertz CT molecular complexity index is 590. The molecule has 92 valence electrons. The van der Waals surface area contributed by atoms with Crippen LogP contribution in [-0.2, 0) is 4.79 Å². The topological polar surface area (TPSA) is 47.0 Å². The van der Waals surface area contributed by atoms with Gasteiger partial charge in [0.25, 0.3) is 0 Å². The van der Waals surface area contributed by atoms with Crippen LogP contribution in [0.1, 0.15) is 35.3 Å². The van der Waals surface area contributed by atoms with Gasteiger partial charge in [-0.3, -0.25) is 4.79 Å². The Kier molecular flexibility index (Phi) is 3.82. The van der Waals surface area contributed by atoms with Gasteiger partial charge in [0, 0.05) is 18.2 Å². The highest BCUT2D eigenvalue weighted by molar-refractivity contribution is 5.96. The number of hydrogen-bond acceptors (Lipinski definition) is 3. The molecule has 0 aliphatic carbocycles. The number of rotatable bonds is 5. The van der Waals surface area contributed by atoms with Crippen LogP contribution in [0.15, 0.2) is 30.3 Å². The molecule has 2 rings (SSSR count). The smallest absolute Gasteiger partial charge is 0.181 e. The molecule has 0 aliphatic rings. The maximum Gasteiger partial charge on any atom is 0.181 e. The van der Waals surface area contributed by atoms with Crippen molar-refractivity contribution < 1.29 is 9.59 Å². The molecule has 0 fully saturated rings. The first-order chi connectivity index (χ1) is 8.72. The average molecular weight is 241 g/mol. The fourth-order valence-corrected chi connectivity index (χ4v) is 1.94. The van der Waals surface area contributed by atoms with Gasteiger partial charge in [0.05, 0.1) is 5.52 Å². The summed E-state index contributed by atoms with van der Waals surface area (Å²) in [7, 11) is 0. The number of fused-ring (bicyclic) bond motifs is 1. The number of pyridine rings is 1. The van der Waals surface area contributed by atoms with Gasteiger partial charge in [-0.15, -0.1) is 0 Å². The van der Waals surface area contributed by atoms with E-state index < -0.39 is 0 Å². The standard InChI is InChI=1S/C15H15NO2/c1-11-5-4-6-13-12(11)8-9-14(16-13)15(18)7-2-3-10-17/h4-6,8-10H,2-3,7H2,1H3. The molecule has 2 aromatic rings. The molecule has 0 spiro atoms. The fourth-order valence-electron chi connectivity index (χ4n) is 1.94. The number of Topliss-reactive ketones (excluding diaryl/α,β-unsaturated/α-hetero) is 1. The fraction of sp³-hybridized carbons (Fsp3) is 0.267. The van der Waals surface area contributed by atoms with Crippen LogP contribution in [0.3, 0.4) is 0 Å². The minimum Gasteiger partial charge on any atom is -0.303 e. The summed E-state index contributed by atoms with van der Waals surface area (Å²) in [5.41, 5.74) is 2.48. The molecule has 0 bridgehead atoms. The van der Waals surface area contributed by atoms with E-state index in [1.807, 2.05) is 31.2 Å². The largest absolute Gasteiger partial charge is 0.303 e. The Morgan fingerprint density at radius 3 is 2.89 bits per heavy atom. The average Bonchev–Trinajstić information content (AvgIpc) is 2.39. The molecule has 0 amide bonds. The SMILES string of the molecule is Cc1cccc2nc(C(=O)CCCC=O)ccc12. The minimum absolute atomic E-state index is 0.000237. The van der Waals surface area contributed by atoms with Gasteiger partial charge < -0.3 is 4.79 Å². The van der Waals surface area contributed by atoms with Crippen LogP contribution in [0.5, 0.6) is 0 Å². The van der Waals surface area contributed by atoms with Crippen molar-refractivity contribution in [2.45, 2.75) is 26.2 Å². The van der Waals surface area contributed by atoms with Crippen LogP contribution in [0, 0.1) is 6.92 Å². The first-order valence-corrected chi connectivity index (χ1v) is 6.05. The molecule has 0 aliphatic heterocycles. The van der Waals surface area contributed by atoms with Gasteiger partial charge in [0.15, 0.2) is 5.78 Å². The number of ketones is 1. The lowest BCUT2D eigenvalue weighted by Gasteiger charge is -2.04. The molecule has 0 atom stereocenters. The number of hydrogen-bond donors (Lipinski definition) is 0. The first kappa shape index (κ1) is 12.4. The summed E-state index contributed by atoms with van der Waals surface area (Å²) in [4.78, 5) is 26.5. The molecule has 0 saturated carbocycles. The number of carbonyl (C=O) groups is 2. The molecule has 1 aromatic heterocycles. The van der Waals surface area contributed by atoms with E-state index >= 15 is 0 Å². The van der Waals surface area contributed by atoms with Gasteiger partial charge in [0.2, 0.25) is 0 Å². The maximum absolute atomic E-state index is 11.9. The van der Waals surface area contributed by atoms with Gasteiger partial charge in [0.1, 0.15) is 12.0 Å². The Hall–Kier alpha value is -2.03. The van der Waals surface area contributed by atoms with Crippen LogP contribution in [0.25, 0.3) is 10.9 Å². The van der Waals surface area contributed by atoms with Crippen molar-refractivity contribution in [3.8, 4) is 0 Å². The molecular weight excluding hydrogens is 226 g/mol. The van der Waals surface area contributed by atoms with E-state index in [-0.39, 0.29) is 5.78 Å². The maximum atomic E-state index is 11.9. The van der Waals surface area contributed by atoms with Crippen LogP contribution < -0.4 is 0 Å². The van der Waals surface area contributed by atoms with Gasteiger partial charge >= 0.3 is 0 Å². The summed E-state index contributed by atoms with van der Waals surface area (Å²) < 4.78 is 0. The van der Waals surface area contributed by atoms with Crippen molar-refractivity contribution in [2.75, 3.05) is 0 Å². The van der Waals surface area contributed by atoms with E-state index in [0.29, 0.717) is 25.0 Å². The molecule has 0 unspecified atom stereocenters. The number of aldehydes is 1. The third-order valence-electron chi connectivity index (χ3n) is 2.96. The summed E-state index contributed by atoms with van der Waals surface area (Å²) in [5, 5.41) is 1.07. The van der Waals surface area contributed by atoms with Crippen LogP contribution in [-0.4, -0.2) is 17.1 Å². The minimum atomic E-state index is 0.000237. The predicted octanol–water partition coefficient (Wildman–Crippen LogP) is 3.10. The lowest BCUT2D eigenvalue weighted by molar-refractivity contribution is -0.107. The van der Waals surface area contributed by atoms with E-state index in [1.54, 1.807) is 6.07 Å². The third kappa shape index (κ3) is 2.62. The normalized spacial score (nSPS) is 10.5. The quantitative estimate of drug-likeness (QED) is 0.459. The van der Waals surface area contributed by atoms with Crippen LogP contribution in [0.4, 0.5) is 0 Å². The Balaban J connectivity index is 2.24. The molecule has 0 saturated heterocycles. The van der Waals surface area contributed by atoms with Gasteiger partial charge in [-0.05, 0) is 31.0 Å². The summed E-state index contributed by atoms with van der Waals surface area (Å²) >= 11 is 0. The molecule has 0 N–H and O–H groups in total. The number of unbranched alkanes of at least 4 members (excludes halogenated alkanes) is 1. The Morgan fingerprint density at radius 2 is 2.11 bits per heavy atom. The number of aromatic nitrogens is 1. The third-order valence-corrected chi connectivity index (χ3v) is 2.96. The van der Waals surface area contributed by atoms with E-state index in [2.05, 4.69) is 4.98 Å². The summed E-state index contributed by atoms with van der Waals surface area (Å²) in [5.74, 6) is 0.000237. The van der Waals surface area contributed by atoms with Gasteiger partial charge in [-0.1, -0.05) is 18.2 Å². The number of nitrogens with zero attached hydrogens (tertiary/aromatic N) is 1. The van der Waals surface area contributed by atoms with Crippen LogP contribution >= 0.6 is 0 Å².